The molecule has 1 saturated carbocycles. The molecule has 0 saturated heterocycles. The maximum Gasteiger partial charge on any atom is 0.143 e. The van der Waals surface area contributed by atoms with E-state index >= 15 is 0 Å². The zero-order valence-electron chi connectivity index (χ0n) is 8.63. The van der Waals surface area contributed by atoms with Gasteiger partial charge in [-0.1, -0.05) is 19.3 Å². The Balaban J connectivity index is 2.07. The molecule has 0 radical (unpaired) electrons. The van der Waals surface area contributed by atoms with Gasteiger partial charge in [-0.05, 0) is 12.8 Å². The number of rotatable bonds is 5. The molecule has 0 bridgehead atoms. The average molecular weight is 210 g/mol. The van der Waals surface area contributed by atoms with Crippen LogP contribution in [0.5, 0.6) is 0 Å². The van der Waals surface area contributed by atoms with E-state index in [0.717, 1.165) is 5.25 Å². The highest BCUT2D eigenvalue weighted by molar-refractivity contribution is 8.00. The molecule has 0 N–H and O–H groups in total. The van der Waals surface area contributed by atoms with Gasteiger partial charge in [0.15, 0.2) is 0 Å². The second kappa shape index (κ2) is 6.95. The molecule has 0 spiro atoms. The lowest BCUT2D eigenvalue weighted by molar-refractivity contribution is -0.116. The summed E-state index contributed by atoms with van der Waals surface area (Å²) in [7, 11) is 0. The monoisotopic (exact) mass is 210 g/mol. The molecular weight excluding hydrogens is 192 g/mol. The maximum atomic E-state index is 11.3. The van der Waals surface area contributed by atoms with Crippen LogP contribution in [0.4, 0.5) is 0 Å². The Morgan fingerprint density at radius 2 is 2.07 bits per heavy atom. The van der Waals surface area contributed by atoms with Crippen LogP contribution < -0.4 is 0 Å². The molecule has 1 rings (SSSR count). The fourth-order valence-electron chi connectivity index (χ4n) is 1.73. The fraction of sp³-hybridized carbons (Fsp3) is 0.750. The summed E-state index contributed by atoms with van der Waals surface area (Å²) in [4.78, 5) is 11.3. The van der Waals surface area contributed by atoms with Gasteiger partial charge in [0.2, 0.25) is 0 Å². The van der Waals surface area contributed by atoms with Crippen molar-refractivity contribution in [3.63, 3.8) is 0 Å². The molecule has 0 amide bonds. The van der Waals surface area contributed by atoms with E-state index in [1.165, 1.54) is 32.1 Å². The van der Waals surface area contributed by atoms with Gasteiger partial charge in [0.1, 0.15) is 5.78 Å². The molecule has 14 heavy (non-hydrogen) atoms. The van der Waals surface area contributed by atoms with Crippen LogP contribution in [0, 0.1) is 12.3 Å². The van der Waals surface area contributed by atoms with Crippen molar-refractivity contribution in [3.05, 3.63) is 0 Å². The SMILES string of the molecule is C#CCCC(=O)CSC1CCCCC1. The molecule has 2 heteroatoms. The third-order valence-corrected chi connectivity index (χ3v) is 4.01. The minimum Gasteiger partial charge on any atom is -0.299 e. The molecule has 0 aliphatic heterocycles. The fourth-order valence-corrected chi connectivity index (χ4v) is 2.96. The second-order valence-electron chi connectivity index (χ2n) is 3.81. The average Bonchev–Trinajstić information content (AvgIpc) is 2.25. The lowest BCUT2D eigenvalue weighted by atomic mass is 10.0. The number of ketones is 1. The molecule has 0 heterocycles. The molecular formula is C12H18OS. The van der Waals surface area contributed by atoms with E-state index < -0.39 is 0 Å². The van der Waals surface area contributed by atoms with Gasteiger partial charge in [-0.25, -0.2) is 0 Å². The zero-order chi connectivity index (χ0) is 10.2. The Morgan fingerprint density at radius 1 is 1.36 bits per heavy atom. The quantitative estimate of drug-likeness (QED) is 0.649. The molecule has 1 fully saturated rings. The minimum atomic E-state index is 0.318. The van der Waals surface area contributed by atoms with Crippen molar-refractivity contribution in [1.29, 1.82) is 0 Å². The highest BCUT2D eigenvalue weighted by atomic mass is 32.2. The predicted molar refractivity (Wildman–Crippen MR) is 62.4 cm³/mol. The first-order valence-electron chi connectivity index (χ1n) is 5.39. The molecule has 1 aliphatic carbocycles. The van der Waals surface area contributed by atoms with Crippen LogP contribution >= 0.6 is 11.8 Å². The van der Waals surface area contributed by atoms with Crippen LogP contribution in [-0.4, -0.2) is 16.8 Å². The van der Waals surface area contributed by atoms with E-state index in [2.05, 4.69) is 5.92 Å². The third kappa shape index (κ3) is 4.72. The number of hydrogen-bond donors (Lipinski definition) is 0. The molecule has 0 aromatic carbocycles. The van der Waals surface area contributed by atoms with Gasteiger partial charge in [0.25, 0.3) is 0 Å². The summed E-state index contributed by atoms with van der Waals surface area (Å²) in [6.45, 7) is 0. The van der Waals surface area contributed by atoms with Gasteiger partial charge in [-0.2, -0.15) is 11.8 Å². The molecule has 0 unspecified atom stereocenters. The van der Waals surface area contributed by atoms with E-state index in [4.69, 9.17) is 6.42 Å². The summed E-state index contributed by atoms with van der Waals surface area (Å²) in [5.74, 6) is 3.50. The lowest BCUT2D eigenvalue weighted by Gasteiger charge is -2.20. The van der Waals surface area contributed by atoms with Gasteiger partial charge >= 0.3 is 0 Å². The molecule has 0 aromatic rings. The topological polar surface area (TPSA) is 17.1 Å². The summed E-state index contributed by atoms with van der Waals surface area (Å²) in [6.07, 6.45) is 12.9. The Bertz CT molecular complexity index is 211. The summed E-state index contributed by atoms with van der Waals surface area (Å²) in [6, 6.07) is 0. The highest BCUT2D eigenvalue weighted by Crippen LogP contribution is 2.28. The largest absolute Gasteiger partial charge is 0.299 e. The molecule has 78 valence electrons. The number of Topliss-reactive ketones (excluding diaryl/α,β-unsaturated/α-hetero) is 1. The van der Waals surface area contributed by atoms with E-state index in [0.29, 0.717) is 24.4 Å². The highest BCUT2D eigenvalue weighted by Gasteiger charge is 2.14. The Labute approximate surface area is 91.0 Å². The number of carbonyl (C=O) groups is 1. The summed E-state index contributed by atoms with van der Waals surface area (Å²) >= 11 is 1.84. The maximum absolute atomic E-state index is 11.3. The van der Waals surface area contributed by atoms with Gasteiger partial charge < -0.3 is 0 Å². The van der Waals surface area contributed by atoms with E-state index in [9.17, 15) is 4.79 Å². The van der Waals surface area contributed by atoms with Crippen LogP contribution in [0.2, 0.25) is 0 Å². The minimum absolute atomic E-state index is 0.318. The standard InChI is InChI=1S/C12H18OS/c1-2-3-7-11(13)10-14-12-8-5-4-6-9-12/h1,12H,3-10H2. The number of hydrogen-bond acceptors (Lipinski definition) is 2. The lowest BCUT2D eigenvalue weighted by Crippen LogP contribution is -2.11. The Kier molecular flexibility index (Phi) is 5.78. The summed E-state index contributed by atoms with van der Waals surface area (Å²) in [5.41, 5.74) is 0. The van der Waals surface area contributed by atoms with Gasteiger partial charge in [-0.3, -0.25) is 4.79 Å². The second-order valence-corrected chi connectivity index (χ2v) is 5.10. The molecule has 1 aliphatic rings. The van der Waals surface area contributed by atoms with Crippen molar-refractivity contribution in [2.45, 2.75) is 50.2 Å². The smallest absolute Gasteiger partial charge is 0.143 e. The van der Waals surface area contributed by atoms with E-state index in [1.807, 2.05) is 11.8 Å². The molecule has 0 aromatic heterocycles. The van der Waals surface area contributed by atoms with Gasteiger partial charge in [-0.15, -0.1) is 12.3 Å². The predicted octanol–water partition coefficient (Wildman–Crippen LogP) is 3.03. The summed E-state index contributed by atoms with van der Waals surface area (Å²) < 4.78 is 0. The Hall–Kier alpha value is -0.420. The van der Waals surface area contributed by atoms with Crippen LogP contribution in [0.1, 0.15) is 44.9 Å². The molecule has 1 nitrogen and oxygen atoms in total. The zero-order valence-corrected chi connectivity index (χ0v) is 9.44. The van der Waals surface area contributed by atoms with Crippen LogP contribution in [0.3, 0.4) is 0 Å². The summed E-state index contributed by atoms with van der Waals surface area (Å²) in [5, 5.41) is 0.735. The number of terminal acetylenes is 1. The first-order chi connectivity index (χ1) is 6.83. The van der Waals surface area contributed by atoms with E-state index in [1.54, 1.807) is 0 Å². The van der Waals surface area contributed by atoms with Crippen LogP contribution in [0.15, 0.2) is 0 Å². The number of thioether (sulfide) groups is 1. The van der Waals surface area contributed by atoms with Crippen LogP contribution in [-0.2, 0) is 4.79 Å². The van der Waals surface area contributed by atoms with Crippen molar-refractivity contribution >= 4 is 17.5 Å². The van der Waals surface area contributed by atoms with Gasteiger partial charge in [0, 0.05) is 18.1 Å². The van der Waals surface area contributed by atoms with Crippen molar-refractivity contribution in [2.75, 3.05) is 5.75 Å². The normalized spacial score (nSPS) is 17.6. The number of carbonyl (C=O) groups excluding carboxylic acids is 1. The first kappa shape index (κ1) is 11.7. The van der Waals surface area contributed by atoms with Crippen LogP contribution in [0.25, 0.3) is 0 Å². The van der Waals surface area contributed by atoms with Gasteiger partial charge in [0.05, 0.1) is 5.75 Å². The van der Waals surface area contributed by atoms with Crippen molar-refractivity contribution < 1.29 is 4.79 Å². The third-order valence-electron chi connectivity index (χ3n) is 2.58. The van der Waals surface area contributed by atoms with E-state index in [-0.39, 0.29) is 0 Å². The first-order valence-corrected chi connectivity index (χ1v) is 6.44. The Morgan fingerprint density at radius 3 is 2.71 bits per heavy atom. The van der Waals surface area contributed by atoms with Crippen molar-refractivity contribution in [3.8, 4) is 12.3 Å². The molecule has 0 atom stereocenters. The van der Waals surface area contributed by atoms with Crippen molar-refractivity contribution in [2.24, 2.45) is 0 Å². The van der Waals surface area contributed by atoms with Crippen molar-refractivity contribution in [1.82, 2.24) is 0 Å².